The summed E-state index contributed by atoms with van der Waals surface area (Å²) >= 11 is 0. The average Bonchev–Trinajstić information content (AvgIpc) is 2.66. The van der Waals surface area contributed by atoms with Gasteiger partial charge in [0.25, 0.3) is 5.91 Å². The molecule has 0 heterocycles. The van der Waals surface area contributed by atoms with Crippen LogP contribution >= 0.6 is 0 Å². The summed E-state index contributed by atoms with van der Waals surface area (Å²) in [5.74, 6) is 0.469. The van der Waals surface area contributed by atoms with Crippen LogP contribution in [0.2, 0.25) is 0 Å². The molecule has 0 saturated heterocycles. The lowest BCUT2D eigenvalue weighted by Gasteiger charge is -2.31. The van der Waals surface area contributed by atoms with Crippen molar-refractivity contribution in [2.45, 2.75) is 92.9 Å². The fourth-order valence-corrected chi connectivity index (χ4v) is 3.54. The molecule has 0 unspecified atom stereocenters. The molecule has 4 nitrogen and oxygen atoms in total. The largest absolute Gasteiger partial charge is 0.355 e. The van der Waals surface area contributed by atoms with Gasteiger partial charge in [-0.1, -0.05) is 78.7 Å². The van der Waals surface area contributed by atoms with Crippen molar-refractivity contribution >= 4 is 11.8 Å². The van der Waals surface area contributed by atoms with Gasteiger partial charge in [0.05, 0.1) is 0 Å². The van der Waals surface area contributed by atoms with Crippen LogP contribution in [0.5, 0.6) is 0 Å². The van der Waals surface area contributed by atoms with Crippen LogP contribution in [0.4, 0.5) is 0 Å². The molecule has 2 amide bonds. The third kappa shape index (κ3) is 11.4. The van der Waals surface area contributed by atoms with Crippen molar-refractivity contribution in [3.05, 3.63) is 36.0 Å². The first-order chi connectivity index (χ1) is 14.6. The van der Waals surface area contributed by atoms with Gasteiger partial charge < -0.3 is 10.6 Å². The van der Waals surface area contributed by atoms with Crippen molar-refractivity contribution in [1.82, 2.24) is 10.6 Å². The van der Waals surface area contributed by atoms with Crippen LogP contribution in [0.3, 0.4) is 0 Å². The SMILES string of the molecule is CC\C=C/C=C(\C=C/CC)C(=O)NCC(C)(C)CCCC(C)(C)CNC(=O)C1CCC1. The maximum atomic E-state index is 12.7. The van der Waals surface area contributed by atoms with Crippen LogP contribution in [-0.4, -0.2) is 24.9 Å². The molecule has 0 spiro atoms. The molecule has 1 aliphatic carbocycles. The van der Waals surface area contributed by atoms with Gasteiger partial charge in [-0.2, -0.15) is 0 Å². The number of allylic oxidation sites excluding steroid dienone is 4. The van der Waals surface area contributed by atoms with E-state index in [9.17, 15) is 9.59 Å². The first-order valence-corrected chi connectivity index (χ1v) is 12.2. The highest BCUT2D eigenvalue weighted by atomic mass is 16.2. The fraction of sp³-hybridized carbons (Fsp3) is 0.704. The Morgan fingerprint density at radius 1 is 0.903 bits per heavy atom. The standard InChI is InChI=1S/C27H46N2O2/c1-7-9-11-15-22(14-10-8-2)24(30)28-20-26(3,4)18-13-19-27(5,6)21-29-25(31)23-16-12-17-23/h9-11,14-15,23H,7-8,12-13,16-21H2,1-6H3,(H,28,30)(H,29,31)/b11-9-,14-10-,22-15+. The molecule has 0 aromatic carbocycles. The first-order valence-electron chi connectivity index (χ1n) is 12.2. The molecule has 0 aromatic rings. The lowest BCUT2D eigenvalue weighted by Crippen LogP contribution is -2.40. The van der Waals surface area contributed by atoms with Crippen molar-refractivity contribution in [3.8, 4) is 0 Å². The van der Waals surface area contributed by atoms with E-state index in [-0.39, 0.29) is 28.6 Å². The second-order valence-corrected chi connectivity index (χ2v) is 10.5. The number of hydrogen-bond donors (Lipinski definition) is 2. The van der Waals surface area contributed by atoms with Crippen LogP contribution in [0.1, 0.15) is 92.9 Å². The van der Waals surface area contributed by atoms with Gasteiger partial charge in [0.15, 0.2) is 0 Å². The topological polar surface area (TPSA) is 58.2 Å². The van der Waals surface area contributed by atoms with Crippen LogP contribution in [0.25, 0.3) is 0 Å². The highest BCUT2D eigenvalue weighted by Crippen LogP contribution is 2.30. The summed E-state index contributed by atoms with van der Waals surface area (Å²) in [5, 5.41) is 6.27. The smallest absolute Gasteiger partial charge is 0.251 e. The highest BCUT2D eigenvalue weighted by molar-refractivity contribution is 5.96. The number of rotatable bonds is 14. The fourth-order valence-electron chi connectivity index (χ4n) is 3.54. The van der Waals surface area contributed by atoms with Gasteiger partial charge in [0, 0.05) is 24.6 Å². The molecule has 0 radical (unpaired) electrons. The molecule has 0 aliphatic heterocycles. The third-order valence-corrected chi connectivity index (χ3v) is 6.09. The van der Waals surface area contributed by atoms with E-state index >= 15 is 0 Å². The summed E-state index contributed by atoms with van der Waals surface area (Å²) in [7, 11) is 0. The van der Waals surface area contributed by atoms with Crippen molar-refractivity contribution in [2.75, 3.05) is 13.1 Å². The maximum Gasteiger partial charge on any atom is 0.251 e. The Bertz CT molecular complexity index is 652. The molecule has 0 bridgehead atoms. The molecular formula is C27H46N2O2. The average molecular weight is 431 g/mol. The summed E-state index contributed by atoms with van der Waals surface area (Å²) < 4.78 is 0. The van der Waals surface area contributed by atoms with Gasteiger partial charge in [-0.15, -0.1) is 0 Å². The van der Waals surface area contributed by atoms with Crippen LogP contribution < -0.4 is 10.6 Å². The second-order valence-electron chi connectivity index (χ2n) is 10.5. The summed E-state index contributed by atoms with van der Waals surface area (Å²) in [6.07, 6.45) is 18.1. The third-order valence-electron chi connectivity index (χ3n) is 6.09. The summed E-state index contributed by atoms with van der Waals surface area (Å²) in [4.78, 5) is 24.7. The first kappa shape index (κ1) is 27.2. The Hall–Kier alpha value is -1.84. The van der Waals surface area contributed by atoms with Crippen LogP contribution in [0.15, 0.2) is 36.0 Å². The Morgan fingerprint density at radius 3 is 2.00 bits per heavy atom. The molecule has 1 fully saturated rings. The maximum absolute atomic E-state index is 12.7. The molecule has 0 aromatic heterocycles. The van der Waals surface area contributed by atoms with Crippen molar-refractivity contribution in [3.63, 3.8) is 0 Å². The Kier molecular flexibility index (Phi) is 11.9. The zero-order chi connectivity index (χ0) is 23.3. The van der Waals surface area contributed by atoms with Gasteiger partial charge >= 0.3 is 0 Å². The predicted molar refractivity (Wildman–Crippen MR) is 132 cm³/mol. The van der Waals surface area contributed by atoms with Crippen molar-refractivity contribution in [2.24, 2.45) is 16.7 Å². The minimum Gasteiger partial charge on any atom is -0.355 e. The number of carbonyl (C=O) groups excluding carboxylic acids is 2. The molecule has 0 atom stereocenters. The molecular weight excluding hydrogens is 384 g/mol. The van der Waals surface area contributed by atoms with Gasteiger partial charge in [0.1, 0.15) is 0 Å². The highest BCUT2D eigenvalue weighted by Gasteiger charge is 2.27. The predicted octanol–water partition coefficient (Wildman–Crippen LogP) is 6.10. The Labute approximate surface area is 191 Å². The minimum absolute atomic E-state index is 0.0161. The van der Waals surface area contributed by atoms with E-state index in [0.717, 1.165) is 51.5 Å². The number of carbonyl (C=O) groups is 2. The number of hydrogen-bond acceptors (Lipinski definition) is 2. The molecule has 4 heteroatoms. The second kappa shape index (κ2) is 13.5. The van der Waals surface area contributed by atoms with Crippen LogP contribution in [-0.2, 0) is 9.59 Å². The van der Waals surface area contributed by atoms with E-state index in [1.165, 1.54) is 6.42 Å². The summed E-state index contributed by atoms with van der Waals surface area (Å²) in [5.41, 5.74) is 0.816. The number of nitrogens with one attached hydrogen (secondary N) is 2. The van der Waals surface area contributed by atoms with Gasteiger partial charge in [-0.3, -0.25) is 9.59 Å². The summed E-state index contributed by atoms with van der Waals surface area (Å²) in [6.45, 7) is 14.4. The van der Waals surface area contributed by atoms with E-state index in [4.69, 9.17) is 0 Å². The van der Waals surface area contributed by atoms with Gasteiger partial charge in [-0.25, -0.2) is 0 Å². The van der Waals surface area contributed by atoms with E-state index in [1.807, 2.05) is 30.4 Å². The zero-order valence-corrected chi connectivity index (χ0v) is 20.9. The molecule has 1 rings (SSSR count). The Balaban J connectivity index is 2.43. The molecule has 1 saturated carbocycles. The summed E-state index contributed by atoms with van der Waals surface area (Å²) in [6, 6.07) is 0. The minimum atomic E-state index is -0.0161. The Morgan fingerprint density at radius 2 is 1.48 bits per heavy atom. The zero-order valence-electron chi connectivity index (χ0n) is 20.9. The quantitative estimate of drug-likeness (QED) is 0.258. The van der Waals surface area contributed by atoms with E-state index in [1.54, 1.807) is 0 Å². The molecule has 176 valence electrons. The monoisotopic (exact) mass is 430 g/mol. The molecule has 1 aliphatic rings. The lowest BCUT2D eigenvalue weighted by atomic mass is 9.80. The lowest BCUT2D eigenvalue weighted by molar-refractivity contribution is -0.127. The van der Waals surface area contributed by atoms with E-state index in [2.05, 4.69) is 52.2 Å². The van der Waals surface area contributed by atoms with E-state index in [0.29, 0.717) is 12.1 Å². The van der Waals surface area contributed by atoms with E-state index < -0.39 is 0 Å². The van der Waals surface area contributed by atoms with Crippen molar-refractivity contribution < 1.29 is 9.59 Å². The normalized spacial score (nSPS) is 16.0. The van der Waals surface area contributed by atoms with Gasteiger partial charge in [0.2, 0.25) is 5.91 Å². The number of amides is 2. The van der Waals surface area contributed by atoms with Crippen molar-refractivity contribution in [1.29, 1.82) is 0 Å². The molecule has 31 heavy (non-hydrogen) atoms. The van der Waals surface area contributed by atoms with Crippen LogP contribution in [0, 0.1) is 16.7 Å². The molecule has 2 N–H and O–H groups in total. The van der Waals surface area contributed by atoms with Gasteiger partial charge in [-0.05, 0) is 55.4 Å².